The number of hydrogen-bond donors (Lipinski definition) is 1. The number of nitrogens with two attached hydrogens (primary N) is 1. The Morgan fingerprint density at radius 1 is 1.36 bits per heavy atom. The molecule has 0 aliphatic carbocycles. The van der Waals surface area contributed by atoms with Crippen molar-refractivity contribution in [3.63, 3.8) is 0 Å². The fourth-order valence-electron chi connectivity index (χ4n) is 2.03. The van der Waals surface area contributed by atoms with Crippen molar-refractivity contribution in [3.05, 3.63) is 0 Å². The maximum absolute atomic E-state index is 5.99. The lowest BCUT2D eigenvalue weighted by Gasteiger charge is -2.25. The van der Waals surface area contributed by atoms with E-state index in [9.17, 15) is 0 Å². The van der Waals surface area contributed by atoms with Gasteiger partial charge in [0.2, 0.25) is 0 Å². The third-order valence-electron chi connectivity index (χ3n) is 2.53. The fraction of sp³-hybridized carbons (Fsp3) is 0.909. The third kappa shape index (κ3) is 2.89. The van der Waals surface area contributed by atoms with Gasteiger partial charge in [0.05, 0.1) is 5.54 Å². The molecule has 2 N–H and O–H groups in total. The van der Waals surface area contributed by atoms with Crippen molar-refractivity contribution in [2.24, 2.45) is 16.6 Å². The molecule has 1 heterocycles. The second-order valence-electron chi connectivity index (χ2n) is 5.48. The Bertz CT molecular complexity index is 227. The van der Waals surface area contributed by atoms with Crippen LogP contribution in [0.5, 0.6) is 0 Å². The van der Waals surface area contributed by atoms with Gasteiger partial charge in [-0.05, 0) is 40.0 Å². The van der Waals surface area contributed by atoms with Gasteiger partial charge in [-0.3, -0.25) is 0 Å². The first-order valence-corrected chi connectivity index (χ1v) is 5.41. The SMILES string of the molecule is CC1CC(C)N(C(N)=NC(C)(C)C)C1. The average Bonchev–Trinajstić information content (AvgIpc) is 2.26. The molecule has 0 bridgehead atoms. The van der Waals surface area contributed by atoms with E-state index in [1.165, 1.54) is 6.42 Å². The molecule has 0 aromatic rings. The summed E-state index contributed by atoms with van der Waals surface area (Å²) in [7, 11) is 0. The Morgan fingerprint density at radius 2 is 1.93 bits per heavy atom. The first-order valence-electron chi connectivity index (χ1n) is 5.41. The van der Waals surface area contributed by atoms with E-state index in [1.54, 1.807) is 0 Å². The number of rotatable bonds is 0. The highest BCUT2D eigenvalue weighted by atomic mass is 15.3. The lowest BCUT2D eigenvalue weighted by molar-refractivity contribution is 0.398. The minimum Gasteiger partial charge on any atom is -0.370 e. The molecule has 1 aliphatic rings. The number of likely N-dealkylation sites (tertiary alicyclic amines) is 1. The van der Waals surface area contributed by atoms with E-state index in [-0.39, 0.29) is 5.54 Å². The monoisotopic (exact) mass is 197 g/mol. The molecular weight excluding hydrogens is 174 g/mol. The van der Waals surface area contributed by atoms with Crippen LogP contribution in [0.3, 0.4) is 0 Å². The van der Waals surface area contributed by atoms with E-state index in [0.717, 1.165) is 12.5 Å². The first kappa shape index (κ1) is 11.3. The van der Waals surface area contributed by atoms with Crippen LogP contribution in [0.4, 0.5) is 0 Å². The van der Waals surface area contributed by atoms with E-state index in [4.69, 9.17) is 5.73 Å². The Labute approximate surface area is 87.4 Å². The highest BCUT2D eigenvalue weighted by Crippen LogP contribution is 2.22. The smallest absolute Gasteiger partial charge is 0.192 e. The number of aliphatic imine (C=N–C) groups is 1. The molecule has 0 aromatic heterocycles. The predicted octanol–water partition coefficient (Wildman–Crippen LogP) is 1.83. The second kappa shape index (κ2) is 3.79. The van der Waals surface area contributed by atoms with Gasteiger partial charge in [-0.1, -0.05) is 6.92 Å². The maximum atomic E-state index is 5.99. The highest BCUT2D eigenvalue weighted by molar-refractivity contribution is 5.79. The van der Waals surface area contributed by atoms with E-state index < -0.39 is 0 Å². The maximum Gasteiger partial charge on any atom is 0.192 e. The predicted molar refractivity (Wildman–Crippen MR) is 61.3 cm³/mol. The van der Waals surface area contributed by atoms with Crippen molar-refractivity contribution in [2.75, 3.05) is 6.54 Å². The van der Waals surface area contributed by atoms with Crippen molar-refractivity contribution < 1.29 is 0 Å². The van der Waals surface area contributed by atoms with Crippen molar-refractivity contribution in [1.82, 2.24) is 4.90 Å². The molecule has 0 amide bonds. The minimum absolute atomic E-state index is 0.0738. The molecule has 3 nitrogen and oxygen atoms in total. The van der Waals surface area contributed by atoms with Crippen molar-refractivity contribution in [1.29, 1.82) is 0 Å². The van der Waals surface area contributed by atoms with Gasteiger partial charge < -0.3 is 10.6 Å². The Hall–Kier alpha value is -0.730. The lowest BCUT2D eigenvalue weighted by Crippen LogP contribution is -2.41. The molecule has 1 saturated heterocycles. The Kier molecular flexibility index (Phi) is 3.07. The molecule has 2 atom stereocenters. The third-order valence-corrected chi connectivity index (χ3v) is 2.53. The van der Waals surface area contributed by atoms with Gasteiger partial charge in [-0.2, -0.15) is 0 Å². The minimum atomic E-state index is -0.0738. The van der Waals surface area contributed by atoms with Crippen LogP contribution >= 0.6 is 0 Å². The van der Waals surface area contributed by atoms with E-state index in [0.29, 0.717) is 12.0 Å². The van der Waals surface area contributed by atoms with Crippen molar-refractivity contribution >= 4 is 5.96 Å². The van der Waals surface area contributed by atoms with E-state index in [1.807, 2.05) is 0 Å². The van der Waals surface area contributed by atoms with E-state index >= 15 is 0 Å². The molecule has 1 aliphatic heterocycles. The summed E-state index contributed by atoms with van der Waals surface area (Å²) >= 11 is 0. The largest absolute Gasteiger partial charge is 0.370 e. The summed E-state index contributed by atoms with van der Waals surface area (Å²) in [5, 5.41) is 0. The number of guanidine groups is 1. The molecule has 0 aromatic carbocycles. The number of nitrogens with zero attached hydrogens (tertiary/aromatic N) is 2. The van der Waals surface area contributed by atoms with Crippen LogP contribution < -0.4 is 5.73 Å². The van der Waals surface area contributed by atoms with Gasteiger partial charge in [-0.25, -0.2) is 4.99 Å². The Morgan fingerprint density at radius 3 is 2.29 bits per heavy atom. The van der Waals surface area contributed by atoms with Crippen LogP contribution in [0, 0.1) is 5.92 Å². The van der Waals surface area contributed by atoms with Gasteiger partial charge in [0, 0.05) is 12.6 Å². The summed E-state index contributed by atoms with van der Waals surface area (Å²) in [4.78, 5) is 6.71. The fourth-order valence-corrected chi connectivity index (χ4v) is 2.03. The van der Waals surface area contributed by atoms with Gasteiger partial charge in [0.1, 0.15) is 0 Å². The van der Waals surface area contributed by atoms with Crippen molar-refractivity contribution in [3.8, 4) is 0 Å². The van der Waals surface area contributed by atoms with E-state index in [2.05, 4.69) is 44.5 Å². The highest BCUT2D eigenvalue weighted by Gasteiger charge is 2.28. The molecule has 82 valence electrons. The van der Waals surface area contributed by atoms with Gasteiger partial charge in [0.25, 0.3) is 0 Å². The molecular formula is C11H23N3. The van der Waals surface area contributed by atoms with Crippen LogP contribution in [0.25, 0.3) is 0 Å². The summed E-state index contributed by atoms with van der Waals surface area (Å²) in [5.41, 5.74) is 5.92. The second-order valence-corrected chi connectivity index (χ2v) is 5.48. The topological polar surface area (TPSA) is 41.6 Å². The zero-order valence-corrected chi connectivity index (χ0v) is 10.0. The molecule has 0 radical (unpaired) electrons. The lowest BCUT2D eigenvalue weighted by atomic mass is 10.1. The van der Waals surface area contributed by atoms with Gasteiger partial charge in [-0.15, -0.1) is 0 Å². The molecule has 3 heteroatoms. The summed E-state index contributed by atoms with van der Waals surface area (Å²) in [6.07, 6.45) is 1.22. The summed E-state index contributed by atoms with van der Waals surface area (Å²) in [5.74, 6) is 1.44. The normalized spacial score (nSPS) is 29.8. The van der Waals surface area contributed by atoms with Crippen LogP contribution in [0.2, 0.25) is 0 Å². The molecule has 14 heavy (non-hydrogen) atoms. The Balaban J connectivity index is 2.70. The van der Waals surface area contributed by atoms with Crippen LogP contribution in [0.1, 0.15) is 41.0 Å². The average molecular weight is 197 g/mol. The summed E-state index contributed by atoms with van der Waals surface area (Å²) < 4.78 is 0. The van der Waals surface area contributed by atoms with Gasteiger partial charge >= 0.3 is 0 Å². The zero-order valence-electron chi connectivity index (χ0n) is 10.0. The summed E-state index contributed by atoms with van der Waals surface area (Å²) in [6.45, 7) is 11.8. The molecule has 1 fully saturated rings. The standard InChI is InChI=1S/C11H23N3/c1-8-6-9(2)14(7-8)10(12)13-11(3,4)5/h8-9H,6-7H2,1-5H3,(H2,12,13). The number of hydrogen-bond acceptors (Lipinski definition) is 1. The molecule has 1 rings (SSSR count). The zero-order chi connectivity index (χ0) is 10.9. The van der Waals surface area contributed by atoms with Crippen LogP contribution in [-0.4, -0.2) is 29.0 Å². The quantitative estimate of drug-likeness (QED) is 0.475. The summed E-state index contributed by atoms with van der Waals surface area (Å²) in [6, 6.07) is 0.538. The first-order chi connectivity index (χ1) is 6.29. The van der Waals surface area contributed by atoms with Crippen molar-refractivity contribution in [2.45, 2.75) is 52.6 Å². The molecule has 0 spiro atoms. The van der Waals surface area contributed by atoms with Crippen LogP contribution in [0.15, 0.2) is 4.99 Å². The molecule has 0 saturated carbocycles. The van der Waals surface area contributed by atoms with Crippen LogP contribution in [-0.2, 0) is 0 Å². The molecule has 2 unspecified atom stereocenters. The van der Waals surface area contributed by atoms with Gasteiger partial charge in [0.15, 0.2) is 5.96 Å².